The first-order valence-electron chi connectivity index (χ1n) is 5.59. The Balaban J connectivity index is 4.44. The first-order valence-corrected chi connectivity index (χ1v) is 5.59. The van der Waals surface area contributed by atoms with E-state index in [-0.39, 0.29) is 19.8 Å². The highest BCUT2D eigenvalue weighted by molar-refractivity contribution is 6.00. The molecule has 0 heterocycles. The van der Waals surface area contributed by atoms with E-state index in [0.29, 0.717) is 6.61 Å². The van der Waals surface area contributed by atoms with E-state index >= 15 is 0 Å². The molecule has 0 N–H and O–H groups in total. The van der Waals surface area contributed by atoms with Crippen molar-refractivity contribution in [2.75, 3.05) is 26.4 Å². The van der Waals surface area contributed by atoms with Crippen LogP contribution >= 0.6 is 0 Å². The summed E-state index contributed by atoms with van der Waals surface area (Å²) in [5.74, 6) is -1.42. The monoisotopic (exact) mass is 245 g/mol. The van der Waals surface area contributed by atoms with Crippen molar-refractivity contribution in [1.82, 2.24) is 0 Å². The Kier molecular flexibility index (Phi) is 8.95. The summed E-state index contributed by atoms with van der Waals surface area (Å²) in [4.78, 5) is 26.7. The molecule has 17 heavy (non-hydrogen) atoms. The number of carbonyl (C=O) groups is 2. The average molecular weight is 245 g/mol. The Morgan fingerprint density at radius 1 is 1.06 bits per heavy atom. The van der Waals surface area contributed by atoms with Crippen molar-refractivity contribution in [3.63, 3.8) is 0 Å². The van der Waals surface area contributed by atoms with E-state index < -0.39 is 18.0 Å². The fraction of sp³-hybridized carbons (Fsp3) is 0.727. The maximum atomic E-state index is 11.4. The lowest BCUT2D eigenvalue weighted by Crippen LogP contribution is -2.32. The second-order valence-electron chi connectivity index (χ2n) is 2.90. The molecule has 0 bridgehead atoms. The summed E-state index contributed by atoms with van der Waals surface area (Å²) in [6.07, 6.45) is 1.36. The molecule has 0 saturated carbocycles. The van der Waals surface area contributed by atoms with E-state index in [9.17, 15) is 9.59 Å². The van der Waals surface area contributed by atoms with Gasteiger partial charge in [0.25, 0.3) is 0 Å². The van der Waals surface area contributed by atoms with Crippen LogP contribution in [0.1, 0.15) is 20.8 Å². The van der Waals surface area contributed by atoms with Gasteiger partial charge >= 0.3 is 11.9 Å². The van der Waals surface area contributed by atoms with Crippen LogP contribution in [0.4, 0.5) is 0 Å². The standard InChI is InChI=1S/C11H19NO5/c1-4-15-8-7-12-9(10(13)16-5-2)11(14)17-6-3/h7,9H,4-6,8H2,1-3H3. The van der Waals surface area contributed by atoms with E-state index in [2.05, 4.69) is 4.99 Å². The third kappa shape index (κ3) is 6.68. The van der Waals surface area contributed by atoms with Crippen LogP contribution in [0.2, 0.25) is 0 Å². The molecule has 0 aliphatic carbocycles. The maximum absolute atomic E-state index is 11.4. The highest BCUT2D eigenvalue weighted by atomic mass is 16.6. The van der Waals surface area contributed by atoms with Crippen LogP contribution in [0.3, 0.4) is 0 Å². The van der Waals surface area contributed by atoms with Crippen molar-refractivity contribution < 1.29 is 23.8 Å². The summed E-state index contributed by atoms with van der Waals surface area (Å²) in [7, 11) is 0. The number of hydrogen-bond acceptors (Lipinski definition) is 6. The van der Waals surface area contributed by atoms with Crippen LogP contribution in [0, 0.1) is 0 Å². The highest BCUT2D eigenvalue weighted by Gasteiger charge is 2.28. The molecule has 0 saturated heterocycles. The van der Waals surface area contributed by atoms with Crippen molar-refractivity contribution >= 4 is 18.2 Å². The molecular formula is C11H19NO5. The zero-order valence-electron chi connectivity index (χ0n) is 10.5. The molecule has 0 unspecified atom stereocenters. The molecular weight excluding hydrogens is 226 g/mol. The summed E-state index contributed by atoms with van der Waals surface area (Å²) in [6, 6.07) is -1.25. The highest BCUT2D eigenvalue weighted by Crippen LogP contribution is 1.99. The maximum Gasteiger partial charge on any atom is 0.342 e. The lowest BCUT2D eigenvalue weighted by Gasteiger charge is -2.10. The lowest BCUT2D eigenvalue weighted by atomic mass is 10.3. The van der Waals surface area contributed by atoms with Gasteiger partial charge in [-0.25, -0.2) is 9.59 Å². The quantitative estimate of drug-likeness (QED) is 0.271. The molecule has 0 rings (SSSR count). The molecule has 0 aromatic heterocycles. The number of rotatable bonds is 8. The van der Waals surface area contributed by atoms with E-state index in [0.717, 1.165) is 0 Å². The first-order chi connectivity index (χ1) is 8.17. The SMILES string of the molecule is CCOCC=NC(C(=O)OCC)C(=O)OCC. The zero-order chi connectivity index (χ0) is 13.1. The fourth-order valence-electron chi connectivity index (χ4n) is 0.979. The molecule has 0 atom stereocenters. The summed E-state index contributed by atoms with van der Waals surface area (Å²) >= 11 is 0. The molecule has 6 heteroatoms. The Hall–Kier alpha value is -1.43. The Morgan fingerprint density at radius 3 is 2.00 bits per heavy atom. The summed E-state index contributed by atoms with van der Waals surface area (Å²) < 4.78 is 14.5. The molecule has 0 radical (unpaired) electrons. The van der Waals surface area contributed by atoms with Gasteiger partial charge in [0.2, 0.25) is 6.04 Å². The van der Waals surface area contributed by atoms with Gasteiger partial charge in [-0.2, -0.15) is 0 Å². The van der Waals surface area contributed by atoms with Crippen molar-refractivity contribution in [1.29, 1.82) is 0 Å². The third-order valence-corrected chi connectivity index (χ3v) is 1.67. The van der Waals surface area contributed by atoms with Gasteiger partial charge in [-0.3, -0.25) is 4.99 Å². The topological polar surface area (TPSA) is 74.2 Å². The van der Waals surface area contributed by atoms with Gasteiger partial charge in [-0.05, 0) is 20.8 Å². The normalized spacial score (nSPS) is 10.8. The van der Waals surface area contributed by atoms with Gasteiger partial charge in [-0.1, -0.05) is 0 Å². The zero-order valence-corrected chi connectivity index (χ0v) is 10.5. The fourth-order valence-corrected chi connectivity index (χ4v) is 0.979. The number of aliphatic imine (C=N–C) groups is 1. The number of ether oxygens (including phenoxy) is 3. The smallest absolute Gasteiger partial charge is 0.342 e. The van der Waals surface area contributed by atoms with Crippen molar-refractivity contribution in [2.24, 2.45) is 4.99 Å². The molecule has 0 aliphatic rings. The summed E-state index contributed by atoms with van der Waals surface area (Å²) in [5.41, 5.74) is 0. The third-order valence-electron chi connectivity index (χ3n) is 1.67. The number of nitrogens with zero attached hydrogens (tertiary/aromatic N) is 1. The van der Waals surface area contributed by atoms with E-state index in [1.807, 2.05) is 6.92 Å². The van der Waals surface area contributed by atoms with Crippen molar-refractivity contribution in [2.45, 2.75) is 26.8 Å². The van der Waals surface area contributed by atoms with Crippen LogP contribution < -0.4 is 0 Å². The van der Waals surface area contributed by atoms with Crippen LogP contribution in [0.25, 0.3) is 0 Å². The van der Waals surface area contributed by atoms with Crippen LogP contribution in [0.15, 0.2) is 4.99 Å². The number of esters is 2. The second-order valence-corrected chi connectivity index (χ2v) is 2.90. The Bertz CT molecular complexity index is 247. The van der Waals surface area contributed by atoms with Crippen molar-refractivity contribution in [3.05, 3.63) is 0 Å². The van der Waals surface area contributed by atoms with Gasteiger partial charge < -0.3 is 14.2 Å². The largest absolute Gasteiger partial charge is 0.464 e. The minimum Gasteiger partial charge on any atom is -0.464 e. The average Bonchev–Trinajstić information content (AvgIpc) is 2.29. The van der Waals surface area contributed by atoms with Crippen molar-refractivity contribution in [3.8, 4) is 0 Å². The molecule has 98 valence electrons. The van der Waals surface area contributed by atoms with E-state index in [1.165, 1.54) is 6.21 Å². The first kappa shape index (κ1) is 15.6. The Labute approximate surface area is 101 Å². The minimum absolute atomic E-state index is 0.190. The molecule has 0 amide bonds. The predicted octanol–water partition coefficient (Wildman–Crippen LogP) is 0.589. The van der Waals surface area contributed by atoms with E-state index in [1.54, 1.807) is 13.8 Å². The number of hydrogen-bond donors (Lipinski definition) is 0. The van der Waals surface area contributed by atoms with Gasteiger partial charge in [0, 0.05) is 12.8 Å². The van der Waals surface area contributed by atoms with Crippen LogP contribution in [0.5, 0.6) is 0 Å². The molecule has 0 aromatic carbocycles. The van der Waals surface area contributed by atoms with E-state index in [4.69, 9.17) is 14.2 Å². The van der Waals surface area contributed by atoms with Gasteiger partial charge in [0.1, 0.15) is 0 Å². The molecule has 0 spiro atoms. The summed E-state index contributed by atoms with van der Waals surface area (Å²) in [5, 5.41) is 0. The molecule has 6 nitrogen and oxygen atoms in total. The molecule has 0 aliphatic heterocycles. The Morgan fingerprint density at radius 2 is 1.59 bits per heavy atom. The predicted molar refractivity (Wildman–Crippen MR) is 62.0 cm³/mol. The summed E-state index contributed by atoms with van der Waals surface area (Å²) in [6.45, 7) is 6.31. The van der Waals surface area contributed by atoms with Gasteiger partial charge in [-0.15, -0.1) is 0 Å². The minimum atomic E-state index is -1.25. The van der Waals surface area contributed by atoms with Crippen LogP contribution in [-0.4, -0.2) is 50.6 Å². The molecule has 0 fully saturated rings. The lowest BCUT2D eigenvalue weighted by molar-refractivity contribution is -0.156. The second kappa shape index (κ2) is 9.77. The van der Waals surface area contributed by atoms with Crippen LogP contribution in [-0.2, 0) is 23.8 Å². The van der Waals surface area contributed by atoms with Gasteiger partial charge in [0.15, 0.2) is 0 Å². The number of carbonyl (C=O) groups excluding carboxylic acids is 2. The molecule has 0 aromatic rings. The van der Waals surface area contributed by atoms with Gasteiger partial charge in [0.05, 0.1) is 19.8 Å².